The molecule has 0 saturated heterocycles. The Hall–Kier alpha value is -2.43. The smallest absolute Gasteiger partial charge is 0.175 e. The number of nitrogen functional groups attached to an aromatic ring is 2. The van der Waals surface area contributed by atoms with E-state index in [1.807, 2.05) is 12.1 Å². The van der Waals surface area contributed by atoms with E-state index in [9.17, 15) is 0 Å². The third kappa shape index (κ3) is 2.57. The maximum atomic E-state index is 5.63. The second kappa shape index (κ2) is 4.61. The van der Waals surface area contributed by atoms with E-state index >= 15 is 0 Å². The standard InChI is InChI=1S/C12H14N4O/c1-17-10-6-7-11(14)16-12(10)15-9-4-2-8(13)3-5-9/h2-7H,13H2,1H3,(H3,14,15,16). The Morgan fingerprint density at radius 2 is 1.76 bits per heavy atom. The van der Waals surface area contributed by atoms with Crippen LogP contribution in [0, 0.1) is 0 Å². The molecule has 2 rings (SSSR count). The molecule has 0 aliphatic rings. The average molecular weight is 230 g/mol. The molecule has 0 atom stereocenters. The van der Waals surface area contributed by atoms with Gasteiger partial charge in [-0.1, -0.05) is 0 Å². The van der Waals surface area contributed by atoms with Crippen LogP contribution in [-0.4, -0.2) is 12.1 Å². The molecule has 88 valence electrons. The summed E-state index contributed by atoms with van der Waals surface area (Å²) in [5.41, 5.74) is 12.8. The van der Waals surface area contributed by atoms with Gasteiger partial charge in [0.2, 0.25) is 0 Å². The quantitative estimate of drug-likeness (QED) is 0.702. The molecule has 0 fully saturated rings. The summed E-state index contributed by atoms with van der Waals surface area (Å²) >= 11 is 0. The monoisotopic (exact) mass is 230 g/mol. The largest absolute Gasteiger partial charge is 0.493 e. The van der Waals surface area contributed by atoms with Crippen LogP contribution in [0.25, 0.3) is 0 Å². The van der Waals surface area contributed by atoms with Crippen LogP contribution in [0.5, 0.6) is 5.75 Å². The van der Waals surface area contributed by atoms with E-state index in [-0.39, 0.29) is 0 Å². The van der Waals surface area contributed by atoms with Crippen molar-refractivity contribution in [1.29, 1.82) is 0 Å². The van der Waals surface area contributed by atoms with Gasteiger partial charge in [-0.05, 0) is 36.4 Å². The Morgan fingerprint density at radius 3 is 2.41 bits per heavy atom. The molecule has 5 heteroatoms. The summed E-state index contributed by atoms with van der Waals surface area (Å²) in [6.07, 6.45) is 0. The number of methoxy groups -OCH3 is 1. The molecule has 0 aliphatic carbocycles. The van der Waals surface area contributed by atoms with E-state index in [0.29, 0.717) is 23.1 Å². The van der Waals surface area contributed by atoms with Gasteiger partial charge in [0.1, 0.15) is 5.82 Å². The number of aromatic nitrogens is 1. The first kappa shape index (κ1) is 11.1. The molecule has 5 N–H and O–H groups in total. The SMILES string of the molecule is COc1ccc(N)nc1Nc1ccc(N)cc1. The molecular weight excluding hydrogens is 216 g/mol. The van der Waals surface area contributed by atoms with Crippen LogP contribution in [0.15, 0.2) is 36.4 Å². The zero-order valence-electron chi connectivity index (χ0n) is 9.47. The van der Waals surface area contributed by atoms with Crippen molar-refractivity contribution in [3.8, 4) is 5.75 Å². The Bertz CT molecular complexity index is 510. The van der Waals surface area contributed by atoms with Crippen LogP contribution in [0.3, 0.4) is 0 Å². The number of hydrogen-bond donors (Lipinski definition) is 3. The minimum absolute atomic E-state index is 0.434. The van der Waals surface area contributed by atoms with Gasteiger partial charge in [-0.2, -0.15) is 0 Å². The first-order valence-corrected chi connectivity index (χ1v) is 5.12. The fourth-order valence-corrected chi connectivity index (χ4v) is 1.42. The van der Waals surface area contributed by atoms with Crippen molar-refractivity contribution < 1.29 is 4.74 Å². The zero-order valence-corrected chi connectivity index (χ0v) is 9.47. The number of ether oxygens (including phenoxy) is 1. The highest BCUT2D eigenvalue weighted by molar-refractivity contribution is 5.65. The first-order valence-electron chi connectivity index (χ1n) is 5.12. The zero-order chi connectivity index (χ0) is 12.3. The molecule has 0 saturated carbocycles. The Labute approximate surface area is 99.4 Å². The van der Waals surface area contributed by atoms with Crippen molar-refractivity contribution >= 4 is 23.0 Å². The molecule has 0 bridgehead atoms. The van der Waals surface area contributed by atoms with Crippen molar-refractivity contribution in [2.24, 2.45) is 0 Å². The summed E-state index contributed by atoms with van der Waals surface area (Å²) in [7, 11) is 1.58. The van der Waals surface area contributed by atoms with Gasteiger partial charge in [0, 0.05) is 11.4 Å². The molecular formula is C12H14N4O. The summed E-state index contributed by atoms with van der Waals surface area (Å²) in [6.45, 7) is 0. The summed E-state index contributed by atoms with van der Waals surface area (Å²) in [5.74, 6) is 1.65. The van der Waals surface area contributed by atoms with Crippen molar-refractivity contribution in [1.82, 2.24) is 4.98 Å². The van der Waals surface area contributed by atoms with Crippen molar-refractivity contribution in [3.05, 3.63) is 36.4 Å². The van der Waals surface area contributed by atoms with Crippen LogP contribution in [0.4, 0.5) is 23.0 Å². The van der Waals surface area contributed by atoms with Gasteiger partial charge in [0.15, 0.2) is 11.6 Å². The summed E-state index contributed by atoms with van der Waals surface area (Å²) in [4.78, 5) is 4.17. The minimum Gasteiger partial charge on any atom is -0.493 e. The van der Waals surface area contributed by atoms with Gasteiger partial charge in [-0.3, -0.25) is 0 Å². The van der Waals surface area contributed by atoms with Gasteiger partial charge in [0.25, 0.3) is 0 Å². The van der Waals surface area contributed by atoms with Crippen LogP contribution in [0.2, 0.25) is 0 Å². The minimum atomic E-state index is 0.434. The number of rotatable bonds is 3. The number of pyridine rings is 1. The van der Waals surface area contributed by atoms with Crippen LogP contribution in [0.1, 0.15) is 0 Å². The molecule has 0 radical (unpaired) electrons. The topological polar surface area (TPSA) is 86.2 Å². The van der Waals surface area contributed by atoms with E-state index in [0.717, 1.165) is 5.69 Å². The lowest BCUT2D eigenvalue weighted by Gasteiger charge is -2.10. The van der Waals surface area contributed by atoms with Gasteiger partial charge in [-0.25, -0.2) is 4.98 Å². The number of benzene rings is 1. The fraction of sp³-hybridized carbons (Fsp3) is 0.0833. The van der Waals surface area contributed by atoms with Crippen LogP contribution >= 0.6 is 0 Å². The molecule has 5 nitrogen and oxygen atoms in total. The lowest BCUT2D eigenvalue weighted by Crippen LogP contribution is -2.00. The molecule has 0 spiro atoms. The third-order valence-electron chi connectivity index (χ3n) is 2.27. The Kier molecular flexibility index (Phi) is 3.00. The Morgan fingerprint density at radius 1 is 1.06 bits per heavy atom. The highest BCUT2D eigenvalue weighted by Gasteiger charge is 2.05. The Balaban J connectivity index is 2.28. The van der Waals surface area contributed by atoms with Gasteiger partial charge >= 0.3 is 0 Å². The average Bonchev–Trinajstić information content (AvgIpc) is 2.32. The number of nitrogens with one attached hydrogen (secondary N) is 1. The summed E-state index contributed by atoms with van der Waals surface area (Å²) in [6, 6.07) is 10.8. The molecule has 1 aromatic heterocycles. The number of nitrogens with zero attached hydrogens (tertiary/aromatic N) is 1. The summed E-state index contributed by atoms with van der Waals surface area (Å²) in [5, 5.41) is 3.12. The van der Waals surface area contributed by atoms with Crippen molar-refractivity contribution in [2.75, 3.05) is 23.9 Å². The third-order valence-corrected chi connectivity index (χ3v) is 2.27. The molecule has 1 aromatic carbocycles. The van der Waals surface area contributed by atoms with E-state index in [4.69, 9.17) is 16.2 Å². The predicted octanol–water partition coefficient (Wildman–Crippen LogP) is 2.00. The van der Waals surface area contributed by atoms with E-state index in [1.165, 1.54) is 0 Å². The molecule has 17 heavy (non-hydrogen) atoms. The number of anilines is 4. The normalized spacial score (nSPS) is 9.94. The predicted molar refractivity (Wildman–Crippen MR) is 69.3 cm³/mol. The summed E-state index contributed by atoms with van der Waals surface area (Å²) < 4.78 is 5.19. The van der Waals surface area contributed by atoms with Gasteiger partial charge in [0.05, 0.1) is 7.11 Å². The van der Waals surface area contributed by atoms with Crippen LogP contribution in [-0.2, 0) is 0 Å². The maximum absolute atomic E-state index is 5.63. The highest BCUT2D eigenvalue weighted by atomic mass is 16.5. The lowest BCUT2D eigenvalue weighted by molar-refractivity contribution is 0.415. The molecule has 0 unspecified atom stereocenters. The van der Waals surface area contributed by atoms with E-state index in [2.05, 4.69) is 10.3 Å². The molecule has 2 aromatic rings. The number of hydrogen-bond acceptors (Lipinski definition) is 5. The molecule has 0 aliphatic heterocycles. The van der Waals surface area contributed by atoms with Crippen LogP contribution < -0.4 is 21.5 Å². The number of nitrogens with two attached hydrogens (primary N) is 2. The molecule has 0 amide bonds. The first-order chi connectivity index (χ1) is 8.19. The van der Waals surface area contributed by atoms with Crippen molar-refractivity contribution in [2.45, 2.75) is 0 Å². The van der Waals surface area contributed by atoms with E-state index in [1.54, 1.807) is 31.4 Å². The second-order valence-corrected chi connectivity index (χ2v) is 3.53. The lowest BCUT2D eigenvalue weighted by atomic mass is 10.3. The maximum Gasteiger partial charge on any atom is 0.175 e. The van der Waals surface area contributed by atoms with Gasteiger partial charge in [-0.15, -0.1) is 0 Å². The van der Waals surface area contributed by atoms with Crippen molar-refractivity contribution in [3.63, 3.8) is 0 Å². The molecule has 1 heterocycles. The van der Waals surface area contributed by atoms with E-state index < -0.39 is 0 Å². The second-order valence-electron chi connectivity index (χ2n) is 3.53. The highest BCUT2D eigenvalue weighted by Crippen LogP contribution is 2.26. The van der Waals surface area contributed by atoms with Gasteiger partial charge < -0.3 is 21.5 Å². The fourth-order valence-electron chi connectivity index (χ4n) is 1.42.